The number of nitrogens with one attached hydrogen (secondary N) is 1. The molecule has 0 spiro atoms. The monoisotopic (exact) mass is 275 g/mol. The number of rotatable bonds is 2. The first-order chi connectivity index (χ1) is 9.74. The molecular formula is C15H25N5. The number of hydrogen-bond donors (Lipinski definition) is 2. The van der Waals surface area contributed by atoms with Crippen molar-refractivity contribution in [1.29, 1.82) is 0 Å². The molecule has 2 aliphatic heterocycles. The highest BCUT2D eigenvalue weighted by atomic mass is 15.2. The van der Waals surface area contributed by atoms with Crippen molar-refractivity contribution in [3.05, 3.63) is 17.8 Å². The Labute approximate surface area is 121 Å². The Morgan fingerprint density at radius 2 is 1.90 bits per heavy atom. The molecule has 0 aliphatic carbocycles. The van der Waals surface area contributed by atoms with E-state index >= 15 is 0 Å². The highest BCUT2D eigenvalue weighted by Gasteiger charge is 2.26. The van der Waals surface area contributed by atoms with Crippen LogP contribution in [0.4, 0.5) is 11.5 Å². The second-order valence-corrected chi connectivity index (χ2v) is 5.91. The van der Waals surface area contributed by atoms with Gasteiger partial charge in [0, 0.05) is 45.3 Å². The highest BCUT2D eigenvalue weighted by molar-refractivity contribution is 5.52. The molecule has 5 nitrogen and oxygen atoms in total. The molecular weight excluding hydrogens is 250 g/mol. The molecule has 20 heavy (non-hydrogen) atoms. The molecule has 0 saturated carbocycles. The van der Waals surface area contributed by atoms with Crippen molar-refractivity contribution >= 4 is 11.5 Å². The largest absolute Gasteiger partial charge is 0.397 e. The molecule has 3 rings (SSSR count). The highest BCUT2D eigenvalue weighted by Crippen LogP contribution is 2.24. The van der Waals surface area contributed by atoms with Gasteiger partial charge in [-0.3, -0.25) is 4.90 Å². The van der Waals surface area contributed by atoms with Gasteiger partial charge in [-0.05, 0) is 31.4 Å². The molecule has 0 radical (unpaired) electrons. The van der Waals surface area contributed by atoms with Crippen LogP contribution < -0.4 is 16.0 Å². The summed E-state index contributed by atoms with van der Waals surface area (Å²) in [6.07, 6.45) is 4.25. The molecule has 2 fully saturated rings. The van der Waals surface area contributed by atoms with Gasteiger partial charge in [0.2, 0.25) is 0 Å². The number of nitrogen functional groups attached to an aromatic ring is 1. The van der Waals surface area contributed by atoms with Crippen LogP contribution in [0.5, 0.6) is 0 Å². The Bertz CT molecular complexity index is 448. The number of nitrogens with two attached hydrogens (primary N) is 1. The summed E-state index contributed by atoms with van der Waals surface area (Å²) in [6, 6.07) is 2.77. The van der Waals surface area contributed by atoms with Gasteiger partial charge >= 0.3 is 0 Å². The van der Waals surface area contributed by atoms with Crippen molar-refractivity contribution < 1.29 is 0 Å². The normalized spacial score (nSPS) is 22.1. The summed E-state index contributed by atoms with van der Waals surface area (Å²) in [6.45, 7) is 8.98. The van der Waals surface area contributed by atoms with E-state index < -0.39 is 0 Å². The lowest BCUT2D eigenvalue weighted by Gasteiger charge is -2.41. The van der Waals surface area contributed by atoms with Crippen LogP contribution in [-0.2, 0) is 0 Å². The summed E-state index contributed by atoms with van der Waals surface area (Å²) in [7, 11) is 0. The molecule has 3 N–H and O–H groups in total. The fourth-order valence-electron chi connectivity index (χ4n) is 3.41. The van der Waals surface area contributed by atoms with Crippen LogP contribution in [0.3, 0.4) is 0 Å². The van der Waals surface area contributed by atoms with E-state index in [1.165, 1.54) is 31.5 Å². The number of aromatic nitrogens is 1. The van der Waals surface area contributed by atoms with Gasteiger partial charge in [0.15, 0.2) is 0 Å². The van der Waals surface area contributed by atoms with Crippen LogP contribution >= 0.6 is 0 Å². The minimum Gasteiger partial charge on any atom is -0.397 e. The van der Waals surface area contributed by atoms with E-state index in [9.17, 15) is 0 Å². The summed E-state index contributed by atoms with van der Waals surface area (Å²) in [5.41, 5.74) is 7.72. The zero-order valence-electron chi connectivity index (χ0n) is 12.3. The van der Waals surface area contributed by atoms with Crippen molar-refractivity contribution in [2.45, 2.75) is 25.8 Å². The Kier molecular flexibility index (Phi) is 4.08. The lowest BCUT2D eigenvalue weighted by molar-refractivity contribution is 0.150. The van der Waals surface area contributed by atoms with Gasteiger partial charge in [-0.2, -0.15) is 0 Å². The molecule has 0 atom stereocenters. The van der Waals surface area contributed by atoms with Crippen LogP contribution in [0.1, 0.15) is 18.4 Å². The first kappa shape index (κ1) is 13.6. The molecule has 1 aromatic rings. The number of piperidine rings is 1. The topological polar surface area (TPSA) is 57.4 Å². The molecule has 2 saturated heterocycles. The number of anilines is 2. The van der Waals surface area contributed by atoms with Gasteiger partial charge in [0.1, 0.15) is 5.82 Å². The predicted molar refractivity (Wildman–Crippen MR) is 83.1 cm³/mol. The summed E-state index contributed by atoms with van der Waals surface area (Å²) >= 11 is 0. The van der Waals surface area contributed by atoms with Gasteiger partial charge in [-0.25, -0.2) is 4.98 Å². The molecule has 5 heteroatoms. The average molecular weight is 275 g/mol. The van der Waals surface area contributed by atoms with Gasteiger partial charge in [0.25, 0.3) is 0 Å². The second kappa shape index (κ2) is 5.97. The van der Waals surface area contributed by atoms with E-state index in [1.807, 2.05) is 6.07 Å². The van der Waals surface area contributed by atoms with Crippen molar-refractivity contribution in [2.75, 3.05) is 49.9 Å². The molecule has 0 amide bonds. The molecule has 3 heterocycles. The van der Waals surface area contributed by atoms with E-state index in [0.717, 1.165) is 43.7 Å². The van der Waals surface area contributed by atoms with E-state index in [4.69, 9.17) is 5.73 Å². The first-order valence-corrected chi connectivity index (χ1v) is 7.66. The lowest BCUT2D eigenvalue weighted by atomic mass is 10.0. The van der Waals surface area contributed by atoms with Crippen LogP contribution in [0.2, 0.25) is 0 Å². The molecule has 0 unspecified atom stereocenters. The van der Waals surface area contributed by atoms with Crippen molar-refractivity contribution in [2.24, 2.45) is 0 Å². The molecule has 0 aromatic carbocycles. The maximum absolute atomic E-state index is 5.78. The maximum atomic E-state index is 5.78. The first-order valence-electron chi connectivity index (χ1n) is 7.66. The Hall–Kier alpha value is -1.33. The molecule has 1 aromatic heterocycles. The van der Waals surface area contributed by atoms with E-state index in [-0.39, 0.29) is 0 Å². The summed E-state index contributed by atoms with van der Waals surface area (Å²) in [4.78, 5) is 9.58. The fourth-order valence-corrected chi connectivity index (χ4v) is 3.41. The number of piperazine rings is 1. The van der Waals surface area contributed by atoms with Crippen LogP contribution in [-0.4, -0.2) is 55.2 Å². The minimum atomic E-state index is 0.752. The smallest absolute Gasteiger partial charge is 0.131 e. The van der Waals surface area contributed by atoms with Crippen molar-refractivity contribution in [3.63, 3.8) is 0 Å². The van der Waals surface area contributed by atoms with Crippen molar-refractivity contribution in [3.8, 4) is 0 Å². The van der Waals surface area contributed by atoms with E-state index in [0.29, 0.717) is 0 Å². The van der Waals surface area contributed by atoms with Crippen LogP contribution in [0, 0.1) is 6.92 Å². The third-order valence-electron chi connectivity index (χ3n) is 4.50. The van der Waals surface area contributed by atoms with Crippen LogP contribution in [0.25, 0.3) is 0 Å². The second-order valence-electron chi connectivity index (χ2n) is 5.91. The number of aryl methyl sites for hydroxylation is 1. The van der Waals surface area contributed by atoms with Gasteiger partial charge in [0.05, 0.1) is 11.9 Å². The average Bonchev–Trinajstić information content (AvgIpc) is 2.48. The lowest BCUT2D eigenvalue weighted by Crippen LogP contribution is -2.52. The summed E-state index contributed by atoms with van der Waals surface area (Å²) in [5.74, 6) is 1.11. The van der Waals surface area contributed by atoms with Gasteiger partial charge in [-0.15, -0.1) is 0 Å². The fraction of sp³-hybridized carbons (Fsp3) is 0.667. The minimum absolute atomic E-state index is 0.752. The van der Waals surface area contributed by atoms with Gasteiger partial charge < -0.3 is 16.0 Å². The Morgan fingerprint density at radius 1 is 1.20 bits per heavy atom. The molecule has 0 bridgehead atoms. The van der Waals surface area contributed by atoms with Crippen molar-refractivity contribution in [1.82, 2.24) is 15.2 Å². The summed E-state index contributed by atoms with van der Waals surface area (Å²) < 4.78 is 0. The van der Waals surface area contributed by atoms with Crippen LogP contribution in [0.15, 0.2) is 12.3 Å². The molecule has 110 valence electrons. The standard InChI is InChI=1S/C15H25N5/c1-12-10-13(16)11-18-15(12)20-6-2-14(3-7-20)19-8-4-17-5-9-19/h10-11,14,17H,2-9,16H2,1H3. The number of pyridine rings is 1. The number of nitrogens with zero attached hydrogens (tertiary/aromatic N) is 3. The third kappa shape index (κ3) is 2.88. The SMILES string of the molecule is Cc1cc(N)cnc1N1CCC(N2CCNCC2)CC1. The van der Waals surface area contributed by atoms with Gasteiger partial charge in [-0.1, -0.05) is 0 Å². The van der Waals surface area contributed by atoms with E-state index in [2.05, 4.69) is 27.0 Å². The molecule has 2 aliphatic rings. The predicted octanol–water partition coefficient (Wildman–Crippen LogP) is 0.846. The third-order valence-corrected chi connectivity index (χ3v) is 4.50. The Morgan fingerprint density at radius 3 is 2.55 bits per heavy atom. The quantitative estimate of drug-likeness (QED) is 0.838. The zero-order valence-corrected chi connectivity index (χ0v) is 12.3. The Balaban J connectivity index is 1.60. The van der Waals surface area contributed by atoms with E-state index in [1.54, 1.807) is 6.20 Å². The zero-order chi connectivity index (χ0) is 13.9. The summed E-state index contributed by atoms with van der Waals surface area (Å²) in [5, 5.41) is 3.43. The maximum Gasteiger partial charge on any atom is 0.131 e. The number of hydrogen-bond acceptors (Lipinski definition) is 5.